The second-order valence-corrected chi connectivity index (χ2v) is 4.94. The van der Waals surface area contributed by atoms with Gasteiger partial charge in [-0.25, -0.2) is 0 Å². The fraction of sp³-hybridized carbons (Fsp3) is 0.214. The van der Waals surface area contributed by atoms with Crippen LogP contribution in [0.2, 0.25) is 0 Å². The van der Waals surface area contributed by atoms with Gasteiger partial charge in [-0.3, -0.25) is 4.79 Å². The van der Waals surface area contributed by atoms with Crippen LogP contribution < -0.4 is 5.73 Å². The molecule has 18 heavy (non-hydrogen) atoms. The molecule has 2 rings (SSSR count). The fourth-order valence-corrected chi connectivity index (χ4v) is 2.45. The summed E-state index contributed by atoms with van der Waals surface area (Å²) in [6.45, 7) is 0. The maximum atomic E-state index is 11.4. The monoisotopic (exact) mass is 307 g/mol. The number of methoxy groups -OCH3 is 1. The van der Waals surface area contributed by atoms with E-state index in [2.05, 4.69) is 20.7 Å². The first kappa shape index (κ1) is 13.1. The molecular formula is C14H14BrNO2. The Balaban J connectivity index is 2.40. The molecule has 0 amide bonds. The van der Waals surface area contributed by atoms with Gasteiger partial charge >= 0.3 is 5.97 Å². The summed E-state index contributed by atoms with van der Waals surface area (Å²) in [6.07, 6.45) is 0.473. The Morgan fingerprint density at radius 2 is 1.94 bits per heavy atom. The van der Waals surface area contributed by atoms with Crippen molar-refractivity contribution in [1.29, 1.82) is 0 Å². The van der Waals surface area contributed by atoms with Gasteiger partial charge in [0.05, 0.1) is 7.11 Å². The third-order valence-corrected chi connectivity index (χ3v) is 3.60. The molecule has 2 aromatic carbocycles. The van der Waals surface area contributed by atoms with E-state index in [0.29, 0.717) is 6.42 Å². The summed E-state index contributed by atoms with van der Waals surface area (Å²) in [5, 5.41) is 2.22. The van der Waals surface area contributed by atoms with Crippen molar-refractivity contribution >= 4 is 32.7 Å². The number of carbonyl (C=O) groups excluding carboxylic acids is 1. The minimum atomic E-state index is -0.625. The standard InChI is InChI=1S/C14H14BrNO2/c1-18-14(17)13(16)8-9-6-7-12(15)11-5-3-2-4-10(9)11/h2-7,13H,8,16H2,1H3. The average molecular weight is 308 g/mol. The zero-order chi connectivity index (χ0) is 13.1. The van der Waals surface area contributed by atoms with Crippen LogP contribution in [0.4, 0.5) is 0 Å². The first-order chi connectivity index (χ1) is 8.63. The van der Waals surface area contributed by atoms with E-state index in [1.807, 2.05) is 36.4 Å². The highest BCUT2D eigenvalue weighted by molar-refractivity contribution is 9.10. The first-order valence-electron chi connectivity index (χ1n) is 5.63. The van der Waals surface area contributed by atoms with E-state index >= 15 is 0 Å². The van der Waals surface area contributed by atoms with Crippen molar-refractivity contribution in [3.8, 4) is 0 Å². The Hall–Kier alpha value is -1.39. The molecule has 0 aliphatic rings. The quantitative estimate of drug-likeness (QED) is 0.887. The number of hydrogen-bond acceptors (Lipinski definition) is 3. The van der Waals surface area contributed by atoms with Crippen LogP contribution in [0.5, 0.6) is 0 Å². The third kappa shape index (κ3) is 2.54. The van der Waals surface area contributed by atoms with Crippen molar-refractivity contribution in [3.05, 3.63) is 46.4 Å². The summed E-state index contributed by atoms with van der Waals surface area (Å²) >= 11 is 3.52. The van der Waals surface area contributed by atoms with Crippen molar-refractivity contribution < 1.29 is 9.53 Å². The third-order valence-electron chi connectivity index (χ3n) is 2.90. The maximum absolute atomic E-state index is 11.4. The number of fused-ring (bicyclic) bond motifs is 1. The van der Waals surface area contributed by atoms with Gasteiger partial charge in [0.15, 0.2) is 0 Å². The molecule has 0 heterocycles. The van der Waals surface area contributed by atoms with Gasteiger partial charge in [0, 0.05) is 4.47 Å². The predicted octanol–water partition coefficient (Wildman–Crippen LogP) is 2.65. The molecule has 0 fully saturated rings. The summed E-state index contributed by atoms with van der Waals surface area (Å²) in [5.74, 6) is -0.387. The number of hydrogen-bond donors (Lipinski definition) is 1. The van der Waals surface area contributed by atoms with E-state index in [0.717, 1.165) is 20.8 Å². The highest BCUT2D eigenvalue weighted by atomic mass is 79.9. The van der Waals surface area contributed by atoms with E-state index in [-0.39, 0.29) is 5.97 Å². The highest BCUT2D eigenvalue weighted by Crippen LogP contribution is 2.27. The molecule has 1 unspecified atom stereocenters. The van der Waals surface area contributed by atoms with Crippen molar-refractivity contribution in [2.24, 2.45) is 5.73 Å². The van der Waals surface area contributed by atoms with Gasteiger partial charge in [-0.15, -0.1) is 0 Å². The van der Waals surface area contributed by atoms with Gasteiger partial charge < -0.3 is 10.5 Å². The van der Waals surface area contributed by atoms with Crippen molar-refractivity contribution in [3.63, 3.8) is 0 Å². The van der Waals surface area contributed by atoms with E-state index in [4.69, 9.17) is 5.73 Å². The van der Waals surface area contributed by atoms with Crippen LogP contribution >= 0.6 is 15.9 Å². The number of ether oxygens (including phenoxy) is 1. The fourth-order valence-electron chi connectivity index (χ4n) is 1.97. The first-order valence-corrected chi connectivity index (χ1v) is 6.42. The van der Waals surface area contributed by atoms with Crippen molar-refractivity contribution in [1.82, 2.24) is 0 Å². The molecule has 0 radical (unpaired) electrons. The van der Waals surface area contributed by atoms with Gasteiger partial charge in [0.1, 0.15) is 6.04 Å². The molecule has 0 bridgehead atoms. The van der Waals surface area contributed by atoms with Crippen LogP contribution in [-0.2, 0) is 16.0 Å². The normalized spacial score (nSPS) is 12.4. The van der Waals surface area contributed by atoms with Gasteiger partial charge in [0.25, 0.3) is 0 Å². The minimum Gasteiger partial charge on any atom is -0.468 e. The zero-order valence-electron chi connectivity index (χ0n) is 10.0. The zero-order valence-corrected chi connectivity index (χ0v) is 11.6. The summed E-state index contributed by atoms with van der Waals surface area (Å²) in [4.78, 5) is 11.4. The summed E-state index contributed by atoms with van der Waals surface area (Å²) in [7, 11) is 1.35. The minimum absolute atomic E-state index is 0.387. The van der Waals surface area contributed by atoms with Crippen LogP contribution in [0.15, 0.2) is 40.9 Å². The number of benzene rings is 2. The lowest BCUT2D eigenvalue weighted by molar-refractivity contribution is -0.142. The highest BCUT2D eigenvalue weighted by Gasteiger charge is 2.15. The Morgan fingerprint density at radius 3 is 2.61 bits per heavy atom. The molecule has 0 aliphatic heterocycles. The Kier molecular flexibility index (Phi) is 3.99. The van der Waals surface area contributed by atoms with E-state index < -0.39 is 6.04 Å². The van der Waals surface area contributed by atoms with Crippen molar-refractivity contribution in [2.45, 2.75) is 12.5 Å². The van der Waals surface area contributed by atoms with Crippen LogP contribution in [0.3, 0.4) is 0 Å². The molecule has 4 heteroatoms. The van der Waals surface area contributed by atoms with Crippen LogP contribution in [0.1, 0.15) is 5.56 Å². The van der Waals surface area contributed by atoms with Crippen LogP contribution in [0.25, 0.3) is 10.8 Å². The number of halogens is 1. The number of carbonyl (C=O) groups is 1. The van der Waals surface area contributed by atoms with Crippen LogP contribution in [-0.4, -0.2) is 19.1 Å². The molecule has 2 N–H and O–H groups in total. The molecule has 3 nitrogen and oxygen atoms in total. The van der Waals surface area contributed by atoms with Gasteiger partial charge in [-0.05, 0) is 28.8 Å². The molecular weight excluding hydrogens is 294 g/mol. The predicted molar refractivity (Wildman–Crippen MR) is 75.3 cm³/mol. The van der Waals surface area contributed by atoms with E-state index in [1.165, 1.54) is 7.11 Å². The molecule has 1 atom stereocenters. The maximum Gasteiger partial charge on any atom is 0.322 e. The second kappa shape index (κ2) is 5.50. The molecule has 94 valence electrons. The van der Waals surface area contributed by atoms with E-state index in [1.54, 1.807) is 0 Å². The van der Waals surface area contributed by atoms with Gasteiger partial charge in [-0.1, -0.05) is 46.3 Å². The SMILES string of the molecule is COC(=O)C(N)Cc1ccc(Br)c2ccccc12. The second-order valence-electron chi connectivity index (χ2n) is 4.09. The molecule has 0 saturated heterocycles. The summed E-state index contributed by atoms with van der Waals surface area (Å²) < 4.78 is 5.68. The smallest absolute Gasteiger partial charge is 0.322 e. The molecule has 0 aliphatic carbocycles. The molecule has 0 saturated carbocycles. The lowest BCUT2D eigenvalue weighted by atomic mass is 9.99. The summed E-state index contributed by atoms with van der Waals surface area (Å²) in [6, 6.07) is 11.3. The largest absolute Gasteiger partial charge is 0.468 e. The average Bonchev–Trinajstić information content (AvgIpc) is 2.41. The Bertz CT molecular complexity index is 583. The number of nitrogens with two attached hydrogens (primary N) is 1. The molecule has 2 aromatic rings. The van der Waals surface area contributed by atoms with Gasteiger partial charge in [-0.2, -0.15) is 0 Å². The van der Waals surface area contributed by atoms with Crippen LogP contribution in [0, 0.1) is 0 Å². The van der Waals surface area contributed by atoms with E-state index in [9.17, 15) is 4.79 Å². The molecule has 0 aromatic heterocycles. The van der Waals surface area contributed by atoms with Crippen molar-refractivity contribution in [2.75, 3.05) is 7.11 Å². The Labute approximate surface area is 114 Å². The molecule has 0 spiro atoms. The lowest BCUT2D eigenvalue weighted by Crippen LogP contribution is -2.33. The number of rotatable bonds is 3. The summed E-state index contributed by atoms with van der Waals surface area (Å²) in [5.41, 5.74) is 6.85. The lowest BCUT2D eigenvalue weighted by Gasteiger charge is -2.12. The Morgan fingerprint density at radius 1 is 1.28 bits per heavy atom. The van der Waals surface area contributed by atoms with Gasteiger partial charge in [0.2, 0.25) is 0 Å². The number of esters is 1. The topological polar surface area (TPSA) is 52.3 Å².